The van der Waals surface area contributed by atoms with E-state index in [9.17, 15) is 18.4 Å². The van der Waals surface area contributed by atoms with Crippen LogP contribution in [-0.2, 0) is 16.0 Å². The van der Waals surface area contributed by atoms with E-state index in [2.05, 4.69) is 15.6 Å². The third-order valence-electron chi connectivity index (χ3n) is 4.38. The lowest BCUT2D eigenvalue weighted by atomic mass is 10.0. The summed E-state index contributed by atoms with van der Waals surface area (Å²) in [5.74, 6) is -3.66. The first kappa shape index (κ1) is 21.1. The number of carboxylic acid groups (broad SMARTS) is 1. The second-order valence-corrected chi connectivity index (χ2v) is 6.59. The molecule has 8 heteroatoms. The second kappa shape index (κ2) is 9.71. The predicted molar refractivity (Wildman–Crippen MR) is 108 cm³/mol. The van der Waals surface area contributed by atoms with Gasteiger partial charge in [0, 0.05) is 18.1 Å². The smallest absolute Gasteiger partial charge is 0.317 e. The number of nitrogens with zero attached hydrogens (tertiary/aromatic N) is 1. The third-order valence-corrected chi connectivity index (χ3v) is 4.38. The topological polar surface area (TPSA) is 91.3 Å². The Balaban J connectivity index is 1.77. The fourth-order valence-corrected chi connectivity index (χ4v) is 2.92. The van der Waals surface area contributed by atoms with E-state index in [-0.39, 0.29) is 6.42 Å². The standard InChI is InChI=1S/C22H19F2N3O3/c23-18-5-4-14(10-19(18)24)11-20(26-13-21(28)29)22(30)27-17-3-1-2-16(12-17)15-6-8-25-9-7-15/h1-10,12,20,26H,11,13H2,(H,27,30)(H,28,29)/t20-/m0/s1. The van der Waals surface area contributed by atoms with E-state index in [1.807, 2.05) is 18.2 Å². The largest absolute Gasteiger partial charge is 0.480 e. The Bertz CT molecular complexity index is 1040. The Hall–Kier alpha value is -3.65. The van der Waals surface area contributed by atoms with Crippen LogP contribution in [0.15, 0.2) is 67.0 Å². The van der Waals surface area contributed by atoms with Crippen LogP contribution in [0.25, 0.3) is 11.1 Å². The van der Waals surface area contributed by atoms with E-state index in [1.54, 1.807) is 30.6 Å². The minimum absolute atomic E-state index is 0.0135. The molecule has 3 N–H and O–H groups in total. The first-order valence-corrected chi connectivity index (χ1v) is 9.13. The molecule has 0 radical (unpaired) electrons. The summed E-state index contributed by atoms with van der Waals surface area (Å²) < 4.78 is 26.7. The number of hydrogen-bond donors (Lipinski definition) is 3. The van der Waals surface area contributed by atoms with Crippen molar-refractivity contribution in [1.82, 2.24) is 10.3 Å². The second-order valence-electron chi connectivity index (χ2n) is 6.59. The molecule has 0 aliphatic rings. The summed E-state index contributed by atoms with van der Waals surface area (Å²) in [4.78, 5) is 27.7. The predicted octanol–water partition coefficient (Wildman–Crippen LogP) is 3.25. The molecule has 1 aromatic heterocycles. The lowest BCUT2D eigenvalue weighted by Crippen LogP contribution is -2.44. The molecule has 1 amide bonds. The van der Waals surface area contributed by atoms with Crippen LogP contribution < -0.4 is 10.6 Å². The Morgan fingerprint density at radius 2 is 1.73 bits per heavy atom. The molecule has 1 heterocycles. The van der Waals surface area contributed by atoms with Crippen molar-refractivity contribution in [3.8, 4) is 11.1 Å². The van der Waals surface area contributed by atoms with Crippen molar-refractivity contribution in [2.45, 2.75) is 12.5 Å². The highest BCUT2D eigenvalue weighted by atomic mass is 19.2. The van der Waals surface area contributed by atoms with Crippen molar-refractivity contribution >= 4 is 17.6 Å². The molecule has 0 saturated heterocycles. The van der Waals surface area contributed by atoms with Gasteiger partial charge < -0.3 is 10.4 Å². The Morgan fingerprint density at radius 3 is 2.43 bits per heavy atom. The Labute approximate surface area is 171 Å². The van der Waals surface area contributed by atoms with Gasteiger partial charge >= 0.3 is 5.97 Å². The fourth-order valence-electron chi connectivity index (χ4n) is 2.92. The highest BCUT2D eigenvalue weighted by molar-refractivity contribution is 5.95. The molecule has 6 nitrogen and oxygen atoms in total. The van der Waals surface area contributed by atoms with Crippen LogP contribution >= 0.6 is 0 Å². The summed E-state index contributed by atoms with van der Waals surface area (Å²) in [7, 11) is 0. The normalized spacial score (nSPS) is 11.7. The number of aliphatic carboxylic acids is 1. The van der Waals surface area contributed by atoms with E-state index >= 15 is 0 Å². The summed E-state index contributed by atoms with van der Waals surface area (Å²) in [6, 6.07) is 13.2. The number of carbonyl (C=O) groups excluding carboxylic acids is 1. The van der Waals surface area contributed by atoms with Crippen LogP contribution in [0.1, 0.15) is 5.56 Å². The first-order chi connectivity index (χ1) is 14.4. The lowest BCUT2D eigenvalue weighted by molar-refractivity contribution is -0.136. The van der Waals surface area contributed by atoms with Crippen LogP contribution in [0, 0.1) is 11.6 Å². The van der Waals surface area contributed by atoms with Gasteiger partial charge in [-0.2, -0.15) is 0 Å². The number of aromatic nitrogens is 1. The minimum atomic E-state index is -1.14. The molecule has 2 aromatic carbocycles. The molecule has 0 unspecified atom stereocenters. The van der Waals surface area contributed by atoms with Crippen LogP contribution in [-0.4, -0.2) is 34.6 Å². The molecule has 0 saturated carbocycles. The van der Waals surface area contributed by atoms with Gasteiger partial charge in [0.05, 0.1) is 12.6 Å². The number of rotatable bonds is 8. The number of benzene rings is 2. The maximum Gasteiger partial charge on any atom is 0.317 e. The summed E-state index contributed by atoms with van der Waals surface area (Å²) >= 11 is 0. The summed E-state index contributed by atoms with van der Waals surface area (Å²) in [6.07, 6.45) is 3.31. The molecule has 30 heavy (non-hydrogen) atoms. The van der Waals surface area contributed by atoms with Gasteiger partial charge in [-0.05, 0) is 59.5 Å². The zero-order chi connectivity index (χ0) is 21.5. The number of pyridine rings is 1. The molecule has 3 rings (SSSR count). The maximum absolute atomic E-state index is 13.5. The van der Waals surface area contributed by atoms with Crippen LogP contribution in [0.4, 0.5) is 14.5 Å². The number of nitrogens with one attached hydrogen (secondary N) is 2. The van der Waals surface area contributed by atoms with Crippen LogP contribution in [0.3, 0.4) is 0 Å². The Morgan fingerprint density at radius 1 is 0.967 bits per heavy atom. The summed E-state index contributed by atoms with van der Waals surface area (Å²) in [5.41, 5.74) is 2.66. The lowest BCUT2D eigenvalue weighted by Gasteiger charge is -2.18. The van der Waals surface area contributed by atoms with Crippen LogP contribution in [0.5, 0.6) is 0 Å². The van der Waals surface area contributed by atoms with Crippen molar-refractivity contribution < 1.29 is 23.5 Å². The van der Waals surface area contributed by atoms with E-state index in [0.29, 0.717) is 11.3 Å². The number of hydrogen-bond acceptors (Lipinski definition) is 4. The van der Waals surface area contributed by atoms with Gasteiger partial charge in [0.15, 0.2) is 11.6 Å². The molecule has 0 aliphatic heterocycles. The van der Waals surface area contributed by atoms with E-state index in [1.165, 1.54) is 6.07 Å². The molecule has 3 aromatic rings. The van der Waals surface area contributed by atoms with E-state index in [4.69, 9.17) is 5.11 Å². The highest BCUT2D eigenvalue weighted by Crippen LogP contribution is 2.22. The average Bonchev–Trinajstić information content (AvgIpc) is 2.74. The summed E-state index contributed by atoms with van der Waals surface area (Å²) in [6.45, 7) is -0.460. The molecular weight excluding hydrogens is 392 g/mol. The quantitative estimate of drug-likeness (QED) is 0.529. The van der Waals surface area contributed by atoms with Gasteiger partial charge in [-0.1, -0.05) is 18.2 Å². The molecule has 0 spiro atoms. The van der Waals surface area contributed by atoms with Crippen molar-refractivity contribution in [2.24, 2.45) is 0 Å². The van der Waals surface area contributed by atoms with Crippen LogP contribution in [0.2, 0.25) is 0 Å². The molecule has 0 aliphatic carbocycles. The van der Waals surface area contributed by atoms with Gasteiger partial charge in [-0.25, -0.2) is 8.78 Å². The zero-order valence-electron chi connectivity index (χ0n) is 15.8. The van der Waals surface area contributed by atoms with E-state index in [0.717, 1.165) is 23.3 Å². The average molecular weight is 411 g/mol. The molecule has 0 fully saturated rings. The van der Waals surface area contributed by atoms with Gasteiger partial charge in [0.2, 0.25) is 5.91 Å². The fraction of sp³-hybridized carbons (Fsp3) is 0.136. The third kappa shape index (κ3) is 5.68. The van der Waals surface area contributed by atoms with Crippen molar-refractivity contribution in [3.05, 3.63) is 84.2 Å². The SMILES string of the molecule is O=C(O)CN[C@@H](Cc1ccc(F)c(F)c1)C(=O)Nc1cccc(-c2ccncc2)c1. The highest BCUT2D eigenvalue weighted by Gasteiger charge is 2.20. The number of carbonyl (C=O) groups is 2. The van der Waals surface area contributed by atoms with E-state index < -0.39 is 36.1 Å². The molecule has 1 atom stereocenters. The zero-order valence-corrected chi connectivity index (χ0v) is 15.8. The van der Waals surface area contributed by atoms with Gasteiger partial charge in [0.1, 0.15) is 0 Å². The van der Waals surface area contributed by atoms with Crippen molar-refractivity contribution in [3.63, 3.8) is 0 Å². The number of anilines is 1. The van der Waals surface area contributed by atoms with Gasteiger partial charge in [0.25, 0.3) is 0 Å². The Kier molecular flexibility index (Phi) is 6.82. The molecule has 0 bridgehead atoms. The first-order valence-electron chi connectivity index (χ1n) is 9.13. The number of carboxylic acids is 1. The van der Waals surface area contributed by atoms with Gasteiger partial charge in [-0.3, -0.25) is 19.9 Å². The maximum atomic E-state index is 13.5. The van der Waals surface area contributed by atoms with Crippen molar-refractivity contribution in [1.29, 1.82) is 0 Å². The number of halogens is 2. The minimum Gasteiger partial charge on any atom is -0.480 e. The van der Waals surface area contributed by atoms with Gasteiger partial charge in [-0.15, -0.1) is 0 Å². The summed E-state index contributed by atoms with van der Waals surface area (Å²) in [5, 5.41) is 14.3. The molecule has 154 valence electrons. The van der Waals surface area contributed by atoms with Crippen molar-refractivity contribution in [2.75, 3.05) is 11.9 Å². The number of amides is 1. The molecular formula is C22H19F2N3O3. The monoisotopic (exact) mass is 411 g/mol.